The van der Waals surface area contributed by atoms with E-state index in [2.05, 4.69) is 52.9 Å². The van der Waals surface area contributed by atoms with Gasteiger partial charge >= 0.3 is 0 Å². The van der Waals surface area contributed by atoms with Crippen LogP contribution in [0.25, 0.3) is 0 Å². The summed E-state index contributed by atoms with van der Waals surface area (Å²) in [5.41, 5.74) is 4.38. The van der Waals surface area contributed by atoms with Crippen LogP contribution in [0.5, 0.6) is 0 Å². The van der Waals surface area contributed by atoms with Gasteiger partial charge in [-0.25, -0.2) is 0 Å². The number of anilines is 2. The van der Waals surface area contributed by atoms with Crippen LogP contribution < -0.4 is 4.90 Å². The number of hydrogen-bond donors (Lipinski definition) is 0. The first-order chi connectivity index (χ1) is 11.8. The van der Waals surface area contributed by atoms with Crippen molar-refractivity contribution in [2.75, 3.05) is 11.5 Å². The van der Waals surface area contributed by atoms with Crippen molar-refractivity contribution in [2.45, 2.75) is 19.4 Å². The van der Waals surface area contributed by atoms with Crippen LogP contribution in [-0.2, 0) is 11.2 Å². The molecular formula is C21H22N2O. The second-order valence-electron chi connectivity index (χ2n) is 5.66. The predicted molar refractivity (Wildman–Crippen MR) is 101 cm³/mol. The molecule has 1 unspecified atom stereocenters. The lowest BCUT2D eigenvalue weighted by Crippen LogP contribution is -2.15. The Morgan fingerprint density at radius 3 is 2.42 bits per heavy atom. The van der Waals surface area contributed by atoms with Gasteiger partial charge in [-0.2, -0.15) is 0 Å². The SMILES string of the molecule is C=C/C(=C\N=CC)N(c1ccccc1)c1ccc(CC2CO2)cc1. The highest BCUT2D eigenvalue weighted by molar-refractivity contribution is 5.70. The molecule has 3 nitrogen and oxygen atoms in total. The van der Waals surface area contributed by atoms with Gasteiger partial charge in [0.25, 0.3) is 0 Å². The summed E-state index contributed by atoms with van der Waals surface area (Å²) in [4.78, 5) is 6.41. The zero-order valence-corrected chi connectivity index (χ0v) is 13.9. The van der Waals surface area contributed by atoms with E-state index < -0.39 is 0 Å². The summed E-state index contributed by atoms with van der Waals surface area (Å²) in [6.07, 6.45) is 6.81. The smallest absolute Gasteiger partial charge is 0.0850 e. The van der Waals surface area contributed by atoms with Crippen LogP contribution in [0.4, 0.5) is 11.4 Å². The van der Waals surface area contributed by atoms with Gasteiger partial charge in [0.1, 0.15) is 0 Å². The second kappa shape index (κ2) is 7.75. The molecule has 0 aliphatic carbocycles. The lowest BCUT2D eigenvalue weighted by atomic mass is 10.1. The fourth-order valence-electron chi connectivity index (χ4n) is 2.61. The summed E-state index contributed by atoms with van der Waals surface area (Å²) in [6.45, 7) is 6.74. The number of hydrogen-bond acceptors (Lipinski definition) is 3. The van der Waals surface area contributed by atoms with E-state index in [0.717, 1.165) is 30.1 Å². The highest BCUT2D eigenvalue weighted by Gasteiger charge is 2.22. The zero-order valence-electron chi connectivity index (χ0n) is 13.9. The summed E-state index contributed by atoms with van der Waals surface area (Å²) in [7, 11) is 0. The van der Waals surface area contributed by atoms with Crippen LogP contribution in [0.1, 0.15) is 12.5 Å². The molecule has 3 heteroatoms. The Hall–Kier alpha value is -2.65. The van der Waals surface area contributed by atoms with Crippen LogP contribution in [0.2, 0.25) is 0 Å². The molecule has 1 aliphatic heterocycles. The Balaban J connectivity index is 1.95. The minimum atomic E-state index is 0.406. The van der Waals surface area contributed by atoms with E-state index in [1.54, 1.807) is 6.21 Å². The van der Waals surface area contributed by atoms with Crippen molar-refractivity contribution in [2.24, 2.45) is 4.99 Å². The fraction of sp³-hybridized carbons (Fsp3) is 0.190. The van der Waals surface area contributed by atoms with Gasteiger partial charge in [-0.3, -0.25) is 4.99 Å². The third kappa shape index (κ3) is 4.00. The molecule has 0 N–H and O–H groups in total. The number of ether oxygens (including phenoxy) is 1. The van der Waals surface area contributed by atoms with Crippen LogP contribution in [0.15, 0.2) is 84.1 Å². The molecular weight excluding hydrogens is 296 g/mol. The van der Waals surface area contributed by atoms with Gasteiger partial charge in [-0.15, -0.1) is 0 Å². The molecule has 0 bridgehead atoms. The molecule has 1 saturated heterocycles. The van der Waals surface area contributed by atoms with E-state index in [1.807, 2.05) is 37.4 Å². The van der Waals surface area contributed by atoms with Crippen molar-refractivity contribution in [3.8, 4) is 0 Å². The van der Waals surface area contributed by atoms with Crippen molar-refractivity contribution in [3.63, 3.8) is 0 Å². The van der Waals surface area contributed by atoms with Gasteiger partial charge in [0.15, 0.2) is 0 Å². The largest absolute Gasteiger partial charge is 0.373 e. The number of aliphatic imine (C=N–C) groups is 1. The molecule has 1 fully saturated rings. The van der Waals surface area contributed by atoms with Crippen LogP contribution >= 0.6 is 0 Å². The van der Waals surface area contributed by atoms with Gasteiger partial charge in [0, 0.05) is 24.0 Å². The molecule has 3 rings (SSSR count). The van der Waals surface area contributed by atoms with E-state index in [1.165, 1.54) is 5.56 Å². The first kappa shape index (κ1) is 16.2. The Kier molecular flexibility index (Phi) is 5.24. The maximum atomic E-state index is 5.31. The van der Waals surface area contributed by atoms with Crippen LogP contribution in [0, 0.1) is 0 Å². The number of benzene rings is 2. The first-order valence-corrected chi connectivity index (χ1v) is 8.18. The summed E-state index contributed by atoms with van der Waals surface area (Å²) in [5, 5.41) is 0. The zero-order chi connectivity index (χ0) is 16.8. The van der Waals surface area contributed by atoms with E-state index in [0.29, 0.717) is 6.10 Å². The quantitative estimate of drug-likeness (QED) is 0.413. The third-order valence-corrected chi connectivity index (χ3v) is 3.90. The average molecular weight is 318 g/mol. The van der Waals surface area contributed by atoms with Crippen molar-refractivity contribution < 1.29 is 4.74 Å². The molecule has 1 aliphatic rings. The Labute approximate surface area is 143 Å². The molecule has 0 saturated carbocycles. The monoisotopic (exact) mass is 318 g/mol. The highest BCUT2D eigenvalue weighted by atomic mass is 16.6. The number of para-hydroxylation sites is 1. The Bertz CT molecular complexity index is 728. The van der Waals surface area contributed by atoms with E-state index in [-0.39, 0.29) is 0 Å². The average Bonchev–Trinajstić information content (AvgIpc) is 3.44. The molecule has 122 valence electrons. The fourth-order valence-corrected chi connectivity index (χ4v) is 2.61. The summed E-state index contributed by atoms with van der Waals surface area (Å²) in [5.74, 6) is 0. The number of allylic oxidation sites excluding steroid dienone is 1. The van der Waals surface area contributed by atoms with E-state index in [9.17, 15) is 0 Å². The minimum absolute atomic E-state index is 0.406. The van der Waals surface area contributed by atoms with Crippen LogP contribution in [-0.4, -0.2) is 18.9 Å². The second-order valence-corrected chi connectivity index (χ2v) is 5.66. The molecule has 0 spiro atoms. The van der Waals surface area contributed by atoms with Gasteiger partial charge in [-0.1, -0.05) is 36.9 Å². The summed E-state index contributed by atoms with van der Waals surface area (Å²) < 4.78 is 5.31. The predicted octanol–water partition coefficient (Wildman–Crippen LogP) is 4.88. The third-order valence-electron chi connectivity index (χ3n) is 3.90. The van der Waals surface area contributed by atoms with Gasteiger partial charge in [0.2, 0.25) is 0 Å². The van der Waals surface area contributed by atoms with Gasteiger partial charge in [-0.05, 0) is 42.8 Å². The van der Waals surface area contributed by atoms with Crippen molar-refractivity contribution in [1.82, 2.24) is 0 Å². The molecule has 1 heterocycles. The minimum Gasteiger partial charge on any atom is -0.373 e. The first-order valence-electron chi connectivity index (χ1n) is 8.18. The van der Waals surface area contributed by atoms with E-state index in [4.69, 9.17) is 4.74 Å². The molecule has 1 atom stereocenters. The molecule has 0 amide bonds. The number of rotatable bonds is 7. The topological polar surface area (TPSA) is 28.1 Å². The van der Waals surface area contributed by atoms with Crippen LogP contribution in [0.3, 0.4) is 0 Å². The summed E-state index contributed by atoms with van der Waals surface area (Å²) >= 11 is 0. The standard InChI is InChI=1S/C21H22N2O/c1-3-18(15-22-4-2)23(19-8-6-5-7-9-19)20-12-10-17(11-13-20)14-21-16-24-21/h3-13,15,21H,1,14,16H2,2H3/b18-15+,22-4?. The van der Waals surface area contributed by atoms with E-state index >= 15 is 0 Å². The Morgan fingerprint density at radius 1 is 1.17 bits per heavy atom. The van der Waals surface area contributed by atoms with Crippen molar-refractivity contribution >= 4 is 17.6 Å². The molecule has 24 heavy (non-hydrogen) atoms. The summed E-state index contributed by atoms with van der Waals surface area (Å²) in [6, 6.07) is 18.8. The molecule has 0 aromatic heterocycles. The number of nitrogens with zero attached hydrogens (tertiary/aromatic N) is 2. The normalized spacial score (nSPS) is 17.0. The number of epoxide rings is 1. The van der Waals surface area contributed by atoms with Gasteiger partial charge < -0.3 is 9.64 Å². The molecule has 0 radical (unpaired) electrons. The Morgan fingerprint density at radius 2 is 1.83 bits per heavy atom. The lowest BCUT2D eigenvalue weighted by molar-refractivity contribution is 0.407. The molecule has 2 aromatic rings. The lowest BCUT2D eigenvalue weighted by Gasteiger charge is -2.26. The van der Waals surface area contributed by atoms with Crippen molar-refractivity contribution in [3.05, 3.63) is 84.7 Å². The maximum absolute atomic E-state index is 5.31. The van der Waals surface area contributed by atoms with Gasteiger partial charge in [0.05, 0.1) is 24.6 Å². The molecule has 2 aromatic carbocycles. The highest BCUT2D eigenvalue weighted by Crippen LogP contribution is 2.31. The van der Waals surface area contributed by atoms with Crippen molar-refractivity contribution in [1.29, 1.82) is 0 Å². The maximum Gasteiger partial charge on any atom is 0.0850 e.